The molecule has 4 atom stereocenters. The van der Waals surface area contributed by atoms with Gasteiger partial charge in [0.1, 0.15) is 0 Å². The van der Waals surface area contributed by atoms with Gasteiger partial charge in [-0.05, 0) is 0 Å². The van der Waals surface area contributed by atoms with E-state index in [4.69, 9.17) is 9.05 Å². The van der Waals surface area contributed by atoms with E-state index in [1.165, 1.54) is 33.7 Å². The summed E-state index contributed by atoms with van der Waals surface area (Å²) in [5.41, 5.74) is 0. The predicted molar refractivity (Wildman–Crippen MR) is 45.8 cm³/mol. The molecule has 0 aromatic carbocycles. The molecule has 0 radical (unpaired) electrons. The summed E-state index contributed by atoms with van der Waals surface area (Å²) in [6, 6.07) is 0. The summed E-state index contributed by atoms with van der Waals surface area (Å²) in [4.78, 5) is 0.0599. The van der Waals surface area contributed by atoms with Gasteiger partial charge < -0.3 is 0 Å². The summed E-state index contributed by atoms with van der Waals surface area (Å²) >= 11 is 2.80. The van der Waals surface area contributed by atoms with Crippen LogP contribution in [-0.4, -0.2) is 43.5 Å². The molecule has 0 N–H and O–H groups in total. The molecule has 0 heterocycles. The number of hydrogen-bond donors (Lipinski definition) is 0. The van der Waals surface area contributed by atoms with Gasteiger partial charge in [-0.2, -0.15) is 0 Å². The topological polar surface area (TPSA) is 35.5 Å². The molecule has 0 aliphatic rings. The van der Waals surface area contributed by atoms with E-state index in [2.05, 4.69) is 0 Å². The van der Waals surface area contributed by atoms with Crippen LogP contribution >= 0.6 is 8.25 Å². The maximum atomic E-state index is 10.8. The Bertz CT molecular complexity index is 105. The Hall–Kier alpha value is 1.14. The molecule has 0 amide bonds. The summed E-state index contributed by atoms with van der Waals surface area (Å²) in [5, 5.41) is 0. The second-order valence-electron chi connectivity index (χ2n) is 1.84. The second kappa shape index (κ2) is 5.74. The molecule has 0 aliphatic heterocycles. The normalized spacial score (nSPS) is 18.2. The molecule has 0 aromatic rings. The van der Waals surface area contributed by atoms with Gasteiger partial charge in [0.15, 0.2) is 0 Å². The molecule has 0 bridgehead atoms. The molecule has 0 saturated carbocycles. The third-order valence-corrected chi connectivity index (χ3v) is 3.05. The molecule has 0 fully saturated rings. The summed E-state index contributed by atoms with van der Waals surface area (Å²) < 4.78 is 20.6. The van der Waals surface area contributed by atoms with Crippen molar-refractivity contribution < 1.29 is 13.6 Å². The first-order valence-corrected chi connectivity index (χ1v) is 6.73. The molecular weight excluding hydrogens is 277 g/mol. The zero-order chi connectivity index (χ0) is 8.15. The van der Waals surface area contributed by atoms with Crippen molar-refractivity contribution in [1.29, 1.82) is 0 Å². The average molecular weight is 289 g/mol. The Morgan fingerprint density at radius 3 is 1.70 bits per heavy atom. The van der Waals surface area contributed by atoms with Crippen LogP contribution in [0.1, 0.15) is 13.8 Å². The van der Waals surface area contributed by atoms with E-state index < -0.39 is 8.25 Å². The summed E-state index contributed by atoms with van der Waals surface area (Å²) in [5.74, 6) is 0. The zero-order valence-electron chi connectivity index (χ0n) is 5.98. The SMILES string of the molecule is CC([AsH2])O[P+](=O)OC(C)[AsH2]. The van der Waals surface area contributed by atoms with Crippen molar-refractivity contribution >= 4 is 42.0 Å². The molecule has 60 valence electrons. The van der Waals surface area contributed by atoms with Crippen molar-refractivity contribution in [2.45, 2.75) is 23.6 Å². The minimum absolute atomic E-state index is 0.0300. The first-order chi connectivity index (χ1) is 4.52. The Morgan fingerprint density at radius 2 is 1.50 bits per heavy atom. The molecular formula is C4H12As2O3P+. The number of rotatable bonds is 4. The first kappa shape index (κ1) is 11.1. The zero-order valence-corrected chi connectivity index (χ0v) is 11.7. The van der Waals surface area contributed by atoms with Crippen LogP contribution in [0.4, 0.5) is 0 Å². The number of hydrogen-bond acceptors (Lipinski definition) is 3. The van der Waals surface area contributed by atoms with Gasteiger partial charge in [-0.15, -0.1) is 0 Å². The van der Waals surface area contributed by atoms with Crippen LogP contribution in [0.15, 0.2) is 0 Å². The van der Waals surface area contributed by atoms with Crippen LogP contribution in [-0.2, 0) is 13.6 Å². The van der Waals surface area contributed by atoms with Crippen LogP contribution in [0.25, 0.3) is 0 Å². The van der Waals surface area contributed by atoms with Crippen LogP contribution in [0.3, 0.4) is 0 Å². The maximum absolute atomic E-state index is 10.8. The molecule has 6 heteroatoms. The Labute approximate surface area is 79.2 Å². The van der Waals surface area contributed by atoms with Crippen LogP contribution < -0.4 is 0 Å². The van der Waals surface area contributed by atoms with E-state index in [-0.39, 0.29) is 9.78 Å². The monoisotopic (exact) mass is 289 g/mol. The van der Waals surface area contributed by atoms with Gasteiger partial charge in [0, 0.05) is 0 Å². The quantitative estimate of drug-likeness (QED) is 0.523. The van der Waals surface area contributed by atoms with Crippen LogP contribution in [0.2, 0.25) is 0 Å². The van der Waals surface area contributed by atoms with Crippen molar-refractivity contribution in [2.75, 3.05) is 0 Å². The Balaban J connectivity index is 3.44. The molecule has 4 unspecified atom stereocenters. The van der Waals surface area contributed by atoms with Gasteiger partial charge in [-0.3, -0.25) is 0 Å². The Morgan fingerprint density at radius 1 is 1.20 bits per heavy atom. The van der Waals surface area contributed by atoms with Gasteiger partial charge in [0.2, 0.25) is 0 Å². The fraction of sp³-hybridized carbons (Fsp3) is 1.00. The van der Waals surface area contributed by atoms with Crippen molar-refractivity contribution in [2.24, 2.45) is 0 Å². The van der Waals surface area contributed by atoms with E-state index in [1.54, 1.807) is 0 Å². The molecule has 0 spiro atoms. The molecule has 0 aliphatic carbocycles. The van der Waals surface area contributed by atoms with E-state index >= 15 is 0 Å². The molecule has 0 aromatic heterocycles. The van der Waals surface area contributed by atoms with E-state index in [1.807, 2.05) is 13.8 Å². The van der Waals surface area contributed by atoms with Crippen LogP contribution in [0.5, 0.6) is 0 Å². The van der Waals surface area contributed by atoms with Gasteiger partial charge in [0.05, 0.1) is 0 Å². The van der Waals surface area contributed by atoms with Crippen molar-refractivity contribution in [3.63, 3.8) is 0 Å². The summed E-state index contributed by atoms with van der Waals surface area (Å²) in [6.45, 7) is 3.70. The third kappa shape index (κ3) is 7.25. The standard InChI is InChI=1S/C4H12As2O3P/c1-3(5)8-10(7)9-4(2)6/h3-4H,5-6H2,1-2H3/q+1. The van der Waals surface area contributed by atoms with Gasteiger partial charge in [-0.25, -0.2) is 0 Å². The molecule has 10 heavy (non-hydrogen) atoms. The third-order valence-electron chi connectivity index (χ3n) is 0.505. The predicted octanol–water partition coefficient (Wildman–Crippen LogP) is -0.365. The van der Waals surface area contributed by atoms with E-state index in [0.29, 0.717) is 0 Å². The van der Waals surface area contributed by atoms with Gasteiger partial charge in [-0.1, -0.05) is 0 Å². The minimum atomic E-state index is -1.88. The van der Waals surface area contributed by atoms with Gasteiger partial charge in [0.25, 0.3) is 0 Å². The van der Waals surface area contributed by atoms with E-state index in [0.717, 1.165) is 0 Å². The van der Waals surface area contributed by atoms with Gasteiger partial charge >= 0.3 is 79.2 Å². The average Bonchev–Trinajstić information content (AvgIpc) is 1.58. The van der Waals surface area contributed by atoms with Crippen molar-refractivity contribution in [3.8, 4) is 0 Å². The molecule has 3 nitrogen and oxygen atoms in total. The molecule has 0 rings (SSSR count). The molecule has 0 saturated heterocycles. The second-order valence-corrected chi connectivity index (χ2v) is 6.65. The van der Waals surface area contributed by atoms with Crippen LogP contribution in [0, 0.1) is 0 Å². The summed E-state index contributed by atoms with van der Waals surface area (Å²) in [6.07, 6.45) is 0. The van der Waals surface area contributed by atoms with E-state index in [9.17, 15) is 4.57 Å². The van der Waals surface area contributed by atoms with Crippen molar-refractivity contribution in [1.82, 2.24) is 0 Å². The first-order valence-electron chi connectivity index (χ1n) is 2.84. The fourth-order valence-electron chi connectivity index (χ4n) is 0.296. The van der Waals surface area contributed by atoms with Crippen molar-refractivity contribution in [3.05, 3.63) is 0 Å². The Kier molecular flexibility index (Phi) is 6.40. The fourth-order valence-corrected chi connectivity index (χ4v) is 2.14. The summed E-state index contributed by atoms with van der Waals surface area (Å²) in [7, 11) is -1.88.